The molecule has 2 aliphatic rings. The topological polar surface area (TPSA) is 58.6 Å². The molecule has 0 unspecified atom stereocenters. The van der Waals surface area contributed by atoms with Gasteiger partial charge < -0.3 is 15.0 Å². The average Bonchev–Trinajstić information content (AvgIpc) is 3.00. The van der Waals surface area contributed by atoms with Crippen LogP contribution < -0.4 is 5.32 Å². The number of hydrogen-bond acceptors (Lipinski definition) is 3. The van der Waals surface area contributed by atoms with E-state index >= 15 is 0 Å². The number of rotatable bonds is 3. The molecule has 5 nitrogen and oxygen atoms in total. The van der Waals surface area contributed by atoms with Crippen LogP contribution >= 0.6 is 0 Å². The average molecular weight is 378 g/mol. The third-order valence-electron chi connectivity index (χ3n) is 5.75. The van der Waals surface area contributed by atoms with Crippen molar-refractivity contribution in [3.05, 3.63) is 53.6 Å². The van der Waals surface area contributed by atoms with Gasteiger partial charge in [-0.05, 0) is 61.1 Å². The van der Waals surface area contributed by atoms with E-state index < -0.39 is 0 Å². The zero-order valence-corrected chi connectivity index (χ0v) is 16.6. The summed E-state index contributed by atoms with van der Waals surface area (Å²) in [6.45, 7) is 3.89. The molecule has 1 saturated heterocycles. The van der Waals surface area contributed by atoms with E-state index in [2.05, 4.69) is 35.6 Å². The standard InChI is InChI=1S/C23H26N2O3/c1-14(2)24-23(27)25-18-10-11-20(25)21(22(26)28-3)19(13-18)17-9-8-15-6-4-5-7-16(15)12-17/h4-9,12,14,18,20H,10-11,13H2,1-3H3,(H,24,27)/t18-,20+/m0/s1. The second-order valence-corrected chi connectivity index (χ2v) is 7.91. The maximum atomic E-state index is 12.8. The number of carbonyl (C=O) groups excluding carboxylic acids is 2. The van der Waals surface area contributed by atoms with Gasteiger partial charge in [0, 0.05) is 12.1 Å². The van der Waals surface area contributed by atoms with Crippen LogP contribution in [-0.2, 0) is 9.53 Å². The highest BCUT2D eigenvalue weighted by molar-refractivity contribution is 6.02. The number of nitrogens with one attached hydrogen (secondary N) is 1. The molecule has 0 aromatic heterocycles. The third kappa shape index (κ3) is 3.15. The van der Waals surface area contributed by atoms with Crippen LogP contribution in [0.2, 0.25) is 0 Å². The Kier molecular flexibility index (Phi) is 4.84. The number of fused-ring (bicyclic) bond motifs is 3. The van der Waals surface area contributed by atoms with Gasteiger partial charge in [0.1, 0.15) is 0 Å². The van der Waals surface area contributed by atoms with Crippen LogP contribution in [0.5, 0.6) is 0 Å². The third-order valence-corrected chi connectivity index (χ3v) is 5.75. The van der Waals surface area contributed by atoms with Crippen molar-refractivity contribution in [2.75, 3.05) is 7.11 Å². The molecular formula is C23H26N2O3. The quantitative estimate of drug-likeness (QED) is 0.818. The van der Waals surface area contributed by atoms with Crippen LogP contribution in [0.1, 0.15) is 38.7 Å². The molecule has 2 aromatic rings. The van der Waals surface area contributed by atoms with Crippen molar-refractivity contribution in [1.29, 1.82) is 0 Å². The molecule has 5 heteroatoms. The van der Waals surface area contributed by atoms with Gasteiger partial charge >= 0.3 is 12.0 Å². The maximum Gasteiger partial charge on any atom is 0.336 e. The van der Waals surface area contributed by atoms with Gasteiger partial charge in [-0.2, -0.15) is 0 Å². The van der Waals surface area contributed by atoms with Crippen LogP contribution in [0.15, 0.2) is 48.0 Å². The fraction of sp³-hybridized carbons (Fsp3) is 0.391. The van der Waals surface area contributed by atoms with E-state index in [-0.39, 0.29) is 30.1 Å². The Morgan fingerprint density at radius 1 is 1.11 bits per heavy atom. The molecule has 2 heterocycles. The Morgan fingerprint density at radius 2 is 1.86 bits per heavy atom. The van der Waals surface area contributed by atoms with Gasteiger partial charge in [-0.1, -0.05) is 36.4 Å². The molecule has 146 valence electrons. The smallest absolute Gasteiger partial charge is 0.336 e. The first-order valence-corrected chi connectivity index (χ1v) is 9.89. The molecule has 28 heavy (non-hydrogen) atoms. The summed E-state index contributed by atoms with van der Waals surface area (Å²) in [4.78, 5) is 27.4. The minimum absolute atomic E-state index is 0.0549. The highest BCUT2D eigenvalue weighted by atomic mass is 16.5. The van der Waals surface area contributed by atoms with Gasteiger partial charge in [-0.15, -0.1) is 0 Å². The summed E-state index contributed by atoms with van der Waals surface area (Å²) in [6, 6.07) is 14.3. The summed E-state index contributed by atoms with van der Waals surface area (Å²) in [5.74, 6) is -0.337. The van der Waals surface area contributed by atoms with E-state index in [1.807, 2.05) is 30.9 Å². The summed E-state index contributed by atoms with van der Waals surface area (Å²) >= 11 is 0. The van der Waals surface area contributed by atoms with Crippen molar-refractivity contribution in [1.82, 2.24) is 10.2 Å². The first-order valence-electron chi connectivity index (χ1n) is 9.89. The fourth-order valence-electron chi connectivity index (χ4n) is 4.56. The number of carbonyl (C=O) groups is 2. The summed E-state index contributed by atoms with van der Waals surface area (Å²) in [5, 5.41) is 5.29. The van der Waals surface area contributed by atoms with Gasteiger partial charge in [0.25, 0.3) is 0 Å². The number of benzene rings is 2. The van der Waals surface area contributed by atoms with Gasteiger partial charge in [0.2, 0.25) is 0 Å². The van der Waals surface area contributed by atoms with Crippen LogP contribution in [0.4, 0.5) is 4.79 Å². The number of nitrogens with zero attached hydrogens (tertiary/aromatic N) is 1. The second kappa shape index (κ2) is 7.30. The van der Waals surface area contributed by atoms with Crippen molar-refractivity contribution >= 4 is 28.3 Å². The monoisotopic (exact) mass is 378 g/mol. The molecule has 4 rings (SSSR count). The molecule has 1 fully saturated rings. The first kappa shape index (κ1) is 18.5. The van der Waals surface area contributed by atoms with E-state index in [0.29, 0.717) is 12.0 Å². The van der Waals surface area contributed by atoms with Crippen LogP contribution in [-0.4, -0.2) is 42.1 Å². The number of esters is 1. The van der Waals surface area contributed by atoms with Gasteiger partial charge in [0.05, 0.1) is 18.7 Å². The molecule has 2 aliphatic heterocycles. The van der Waals surface area contributed by atoms with Crippen molar-refractivity contribution in [2.45, 2.75) is 51.2 Å². The molecule has 2 atom stereocenters. The van der Waals surface area contributed by atoms with Gasteiger partial charge in [-0.25, -0.2) is 9.59 Å². The lowest BCUT2D eigenvalue weighted by atomic mass is 9.87. The summed E-state index contributed by atoms with van der Waals surface area (Å²) in [7, 11) is 1.41. The Bertz CT molecular complexity index is 963. The lowest BCUT2D eigenvalue weighted by Gasteiger charge is -2.37. The largest absolute Gasteiger partial charge is 0.466 e. The summed E-state index contributed by atoms with van der Waals surface area (Å²) < 4.78 is 5.13. The number of hydrogen-bond donors (Lipinski definition) is 1. The summed E-state index contributed by atoms with van der Waals surface area (Å²) in [5.41, 5.74) is 2.68. The zero-order chi connectivity index (χ0) is 19.8. The molecular weight excluding hydrogens is 352 g/mol. The van der Waals surface area contributed by atoms with Crippen LogP contribution in [0, 0.1) is 0 Å². The highest BCUT2D eigenvalue weighted by Crippen LogP contribution is 2.43. The molecule has 1 N–H and O–H groups in total. The van der Waals surface area contributed by atoms with E-state index in [1.165, 1.54) is 12.5 Å². The van der Waals surface area contributed by atoms with Crippen LogP contribution in [0.3, 0.4) is 0 Å². The van der Waals surface area contributed by atoms with E-state index in [9.17, 15) is 9.59 Å². The van der Waals surface area contributed by atoms with Gasteiger partial charge in [-0.3, -0.25) is 0 Å². The molecule has 2 aromatic carbocycles. The number of methoxy groups -OCH3 is 1. The molecule has 2 bridgehead atoms. The van der Waals surface area contributed by atoms with Crippen LogP contribution in [0.25, 0.3) is 16.3 Å². The van der Waals surface area contributed by atoms with Crippen molar-refractivity contribution in [2.24, 2.45) is 0 Å². The SMILES string of the molecule is COC(=O)C1=C(c2ccc3ccccc3c2)C[C@@H]2CC[C@H]1N2C(=O)NC(C)C. The van der Waals surface area contributed by atoms with E-state index in [1.54, 1.807) is 0 Å². The molecule has 0 saturated carbocycles. The van der Waals surface area contributed by atoms with Gasteiger partial charge in [0.15, 0.2) is 0 Å². The Labute approximate surface area is 165 Å². The van der Waals surface area contributed by atoms with Crippen molar-refractivity contribution in [3.8, 4) is 0 Å². The molecule has 0 spiro atoms. The minimum Gasteiger partial charge on any atom is -0.466 e. The zero-order valence-electron chi connectivity index (χ0n) is 16.6. The Balaban J connectivity index is 1.80. The Hall–Kier alpha value is -2.82. The second-order valence-electron chi connectivity index (χ2n) is 7.91. The van der Waals surface area contributed by atoms with Crippen molar-refractivity contribution < 1.29 is 14.3 Å². The summed E-state index contributed by atoms with van der Waals surface area (Å²) in [6.07, 6.45) is 2.36. The van der Waals surface area contributed by atoms with E-state index in [0.717, 1.165) is 29.4 Å². The number of amides is 2. The normalized spacial score (nSPS) is 21.4. The molecule has 2 amide bonds. The minimum atomic E-state index is -0.337. The number of ether oxygens (including phenoxy) is 1. The van der Waals surface area contributed by atoms with E-state index in [4.69, 9.17) is 4.74 Å². The molecule has 0 radical (unpaired) electrons. The molecule has 0 aliphatic carbocycles. The first-order chi connectivity index (χ1) is 13.5. The predicted molar refractivity (Wildman–Crippen MR) is 110 cm³/mol. The van der Waals surface area contributed by atoms with Crippen molar-refractivity contribution in [3.63, 3.8) is 0 Å². The fourth-order valence-corrected chi connectivity index (χ4v) is 4.56. The number of urea groups is 1. The Morgan fingerprint density at radius 3 is 2.57 bits per heavy atom. The highest BCUT2D eigenvalue weighted by Gasteiger charge is 2.46. The lowest BCUT2D eigenvalue weighted by molar-refractivity contribution is -0.136. The lowest BCUT2D eigenvalue weighted by Crippen LogP contribution is -2.52. The maximum absolute atomic E-state index is 12.8. The predicted octanol–water partition coefficient (Wildman–Crippen LogP) is 4.12.